The molecule has 1 aromatic heterocycles. The minimum atomic E-state index is 0.186. The highest BCUT2D eigenvalue weighted by Crippen LogP contribution is 2.57. The maximum atomic E-state index is 9.03. The lowest BCUT2D eigenvalue weighted by Gasteiger charge is -2.16. The van der Waals surface area contributed by atoms with Crippen LogP contribution < -0.4 is 0 Å². The van der Waals surface area contributed by atoms with Crippen LogP contribution in [0.3, 0.4) is 0 Å². The Balaban J connectivity index is 0. The van der Waals surface area contributed by atoms with Gasteiger partial charge in [0.2, 0.25) is 0 Å². The van der Waals surface area contributed by atoms with Crippen LogP contribution in [0.2, 0.25) is 0 Å². The summed E-state index contributed by atoms with van der Waals surface area (Å²) in [5.41, 5.74) is 10.6. The van der Waals surface area contributed by atoms with Gasteiger partial charge in [-0.05, 0) is 117 Å². The predicted molar refractivity (Wildman–Crippen MR) is 193 cm³/mol. The van der Waals surface area contributed by atoms with E-state index in [1.807, 2.05) is 40.7 Å². The quantitative estimate of drug-likeness (QED) is 0.268. The number of aliphatic hydroxyl groups excluding tert-OH is 2. The molecule has 2 fully saturated rings. The summed E-state index contributed by atoms with van der Waals surface area (Å²) in [7, 11) is 0. The second kappa shape index (κ2) is 22.6. The van der Waals surface area contributed by atoms with Crippen molar-refractivity contribution in [1.82, 2.24) is 4.98 Å². The molecule has 2 unspecified atom stereocenters. The molecule has 2 aromatic rings. The van der Waals surface area contributed by atoms with E-state index in [-0.39, 0.29) is 5.76 Å². The number of nitrogens with zero attached hydrogens (tertiary/aromatic N) is 1. The van der Waals surface area contributed by atoms with Gasteiger partial charge in [0, 0.05) is 23.6 Å². The van der Waals surface area contributed by atoms with Gasteiger partial charge in [-0.2, -0.15) is 0 Å². The lowest BCUT2D eigenvalue weighted by molar-refractivity contribution is 0.251. The number of aliphatic hydroxyl groups is 2. The average Bonchev–Trinajstić information content (AvgIpc) is 3.66. The summed E-state index contributed by atoms with van der Waals surface area (Å²) >= 11 is 0. The molecule has 43 heavy (non-hydrogen) atoms. The topological polar surface area (TPSA) is 53.4 Å². The summed E-state index contributed by atoms with van der Waals surface area (Å²) in [5, 5.41) is 17.5. The van der Waals surface area contributed by atoms with E-state index in [4.69, 9.17) is 10.2 Å². The van der Waals surface area contributed by atoms with Gasteiger partial charge in [-0.25, -0.2) is 0 Å². The summed E-state index contributed by atoms with van der Waals surface area (Å²) in [6, 6.07) is 10.9. The summed E-state index contributed by atoms with van der Waals surface area (Å²) in [6.45, 7) is 34.9. The molecule has 0 bridgehead atoms. The number of aryl methyl sites for hydroxylation is 4. The van der Waals surface area contributed by atoms with Crippen LogP contribution in [0.1, 0.15) is 111 Å². The van der Waals surface area contributed by atoms with Crippen LogP contribution in [0.4, 0.5) is 0 Å². The van der Waals surface area contributed by atoms with Crippen molar-refractivity contribution < 1.29 is 10.2 Å². The lowest BCUT2D eigenvalue weighted by atomic mass is 9.91. The molecule has 2 aliphatic rings. The fraction of sp³-hybridized carbons (Fsp3) is 0.525. The Morgan fingerprint density at radius 1 is 1.02 bits per heavy atom. The second-order valence-electron chi connectivity index (χ2n) is 11.7. The number of allylic oxidation sites excluding steroid dienone is 4. The van der Waals surface area contributed by atoms with Crippen molar-refractivity contribution in [2.24, 2.45) is 17.3 Å². The van der Waals surface area contributed by atoms with Crippen LogP contribution in [0, 0.1) is 38.0 Å². The normalized spacial score (nSPS) is 17.6. The smallest absolute Gasteiger partial charge is 0.108 e. The zero-order valence-corrected chi connectivity index (χ0v) is 29.9. The van der Waals surface area contributed by atoms with E-state index >= 15 is 0 Å². The highest BCUT2D eigenvalue weighted by atomic mass is 16.3. The van der Waals surface area contributed by atoms with E-state index in [9.17, 15) is 0 Å². The highest BCUT2D eigenvalue weighted by Gasteiger charge is 2.46. The van der Waals surface area contributed by atoms with Gasteiger partial charge in [0.1, 0.15) is 5.76 Å². The molecule has 0 saturated heterocycles. The number of hydrogen-bond acceptors (Lipinski definition) is 3. The molecule has 1 heterocycles. The van der Waals surface area contributed by atoms with E-state index in [0.29, 0.717) is 12.0 Å². The predicted octanol–water partition coefficient (Wildman–Crippen LogP) is 11.9. The zero-order chi connectivity index (χ0) is 33.8. The maximum Gasteiger partial charge on any atom is 0.108 e. The molecule has 2 atom stereocenters. The van der Waals surface area contributed by atoms with Crippen molar-refractivity contribution in [1.29, 1.82) is 0 Å². The maximum absolute atomic E-state index is 9.03. The minimum Gasteiger partial charge on any atom is -0.509 e. The number of hydrogen-bond donors (Lipinski definition) is 2. The van der Waals surface area contributed by atoms with E-state index in [2.05, 4.69) is 110 Å². The number of pyridine rings is 1. The third-order valence-electron chi connectivity index (χ3n) is 7.18. The third-order valence-corrected chi connectivity index (χ3v) is 7.18. The van der Waals surface area contributed by atoms with Gasteiger partial charge in [0.25, 0.3) is 0 Å². The van der Waals surface area contributed by atoms with E-state index in [0.717, 1.165) is 48.9 Å². The Hall–Kier alpha value is -2.91. The molecular weight excluding hydrogens is 526 g/mol. The molecule has 2 N–H and O–H groups in total. The van der Waals surface area contributed by atoms with Gasteiger partial charge in [-0.1, -0.05) is 92.3 Å². The van der Waals surface area contributed by atoms with Gasteiger partial charge in [-0.15, -0.1) is 13.2 Å². The first-order valence-corrected chi connectivity index (χ1v) is 16.3. The molecule has 0 spiro atoms. The molecule has 0 aliphatic heterocycles. The van der Waals surface area contributed by atoms with E-state index in [1.54, 1.807) is 0 Å². The van der Waals surface area contributed by atoms with Crippen molar-refractivity contribution in [3.8, 4) is 11.1 Å². The molecule has 3 heteroatoms. The fourth-order valence-electron chi connectivity index (χ4n) is 5.06. The van der Waals surface area contributed by atoms with Crippen LogP contribution in [-0.2, 0) is 6.42 Å². The zero-order valence-electron chi connectivity index (χ0n) is 29.9. The van der Waals surface area contributed by atoms with Gasteiger partial charge >= 0.3 is 0 Å². The van der Waals surface area contributed by atoms with Crippen LogP contribution in [-0.4, -0.2) is 21.8 Å². The highest BCUT2D eigenvalue weighted by molar-refractivity contribution is 5.67. The Kier molecular flexibility index (Phi) is 22.2. The van der Waals surface area contributed by atoms with Gasteiger partial charge in [-0.3, -0.25) is 4.98 Å². The van der Waals surface area contributed by atoms with Gasteiger partial charge in [0.05, 0.1) is 0 Å². The second-order valence-corrected chi connectivity index (χ2v) is 11.7. The van der Waals surface area contributed by atoms with Gasteiger partial charge < -0.3 is 10.2 Å². The minimum absolute atomic E-state index is 0.186. The van der Waals surface area contributed by atoms with Crippen LogP contribution in [0.5, 0.6) is 0 Å². The SMILES string of the molecule is C=C.C=C(O)/C=C1/CC2CC2/C1=C/C.CC.CC.CC(C)(C)CCCO.CCc1cc(-c2ccc(C)nc2C)ccc1C. The first-order chi connectivity index (χ1) is 20.4. The standard InChI is InChI=1S/C16H19N.C11H14O.C7H16O.2C2H6.C2H4/c1-5-14-10-15(8-6-11(14)2)16-9-7-12(3)17-13(16)4;1-3-10-8(4-7(2)12)5-9-6-11(9)10;1-7(2,3)5-4-6-8;3*1-2/h6-10H,5H2,1-4H3;3-4,9,11-12H,2,5-6H2,1H3;8H,4-6H2,1-3H3;2*1-2H3;1-2H2/b;8-4-,10-3+;;;;. The molecule has 242 valence electrons. The molecule has 1 aromatic carbocycles. The van der Waals surface area contributed by atoms with Crippen molar-refractivity contribution in [3.63, 3.8) is 0 Å². The van der Waals surface area contributed by atoms with Crippen molar-refractivity contribution in [2.45, 2.75) is 115 Å². The van der Waals surface area contributed by atoms with Crippen molar-refractivity contribution in [2.75, 3.05) is 6.61 Å². The van der Waals surface area contributed by atoms with Crippen molar-refractivity contribution >= 4 is 0 Å². The molecule has 4 rings (SSSR count). The summed E-state index contributed by atoms with van der Waals surface area (Å²) < 4.78 is 0. The molecule has 2 aliphatic carbocycles. The Morgan fingerprint density at radius 2 is 1.63 bits per heavy atom. The molecule has 0 radical (unpaired) electrons. The number of benzene rings is 1. The number of rotatable bonds is 5. The largest absolute Gasteiger partial charge is 0.509 e. The Morgan fingerprint density at radius 3 is 2.07 bits per heavy atom. The third kappa shape index (κ3) is 15.9. The van der Waals surface area contributed by atoms with E-state index < -0.39 is 0 Å². The molecular formula is C40H65NO2. The lowest BCUT2D eigenvalue weighted by Crippen LogP contribution is -2.04. The summed E-state index contributed by atoms with van der Waals surface area (Å²) in [6.07, 6.45) is 9.61. The Bertz CT molecular complexity index is 1130. The molecule has 0 amide bonds. The van der Waals surface area contributed by atoms with Crippen LogP contribution in [0.15, 0.2) is 79.1 Å². The monoisotopic (exact) mass is 592 g/mol. The van der Waals surface area contributed by atoms with Crippen LogP contribution in [0.25, 0.3) is 11.1 Å². The van der Waals surface area contributed by atoms with Crippen molar-refractivity contribution in [3.05, 3.63) is 102 Å². The van der Waals surface area contributed by atoms with E-state index in [1.165, 1.54) is 39.8 Å². The number of fused-ring (bicyclic) bond motifs is 1. The Labute approximate surface area is 266 Å². The molecule has 2 saturated carbocycles. The first-order valence-electron chi connectivity index (χ1n) is 16.3. The first kappa shape index (κ1) is 42.2. The number of aromatic nitrogens is 1. The van der Waals surface area contributed by atoms with Crippen LogP contribution >= 0.6 is 0 Å². The summed E-state index contributed by atoms with van der Waals surface area (Å²) in [5.74, 6) is 1.87. The molecule has 3 nitrogen and oxygen atoms in total. The summed E-state index contributed by atoms with van der Waals surface area (Å²) in [4.78, 5) is 4.53. The average molecular weight is 592 g/mol. The van der Waals surface area contributed by atoms with Gasteiger partial charge in [0.15, 0.2) is 0 Å². The fourth-order valence-corrected chi connectivity index (χ4v) is 5.06.